The molecule has 0 unspecified atom stereocenters. The van der Waals surface area contributed by atoms with Crippen molar-refractivity contribution in [2.24, 2.45) is 0 Å². The van der Waals surface area contributed by atoms with E-state index in [-0.39, 0.29) is 6.54 Å². The van der Waals surface area contributed by atoms with Crippen LogP contribution >= 0.6 is 0 Å². The van der Waals surface area contributed by atoms with Crippen LogP contribution in [0.5, 0.6) is 0 Å². The van der Waals surface area contributed by atoms with Gasteiger partial charge in [-0.05, 0) is 35.4 Å². The van der Waals surface area contributed by atoms with E-state index in [1.54, 1.807) is 6.20 Å². The van der Waals surface area contributed by atoms with Crippen LogP contribution in [0.3, 0.4) is 0 Å². The van der Waals surface area contributed by atoms with Gasteiger partial charge in [0.05, 0.1) is 12.7 Å². The van der Waals surface area contributed by atoms with Crippen molar-refractivity contribution < 1.29 is 13.9 Å². The van der Waals surface area contributed by atoms with Gasteiger partial charge in [0, 0.05) is 6.20 Å². The monoisotopic (exact) mass is 301 g/mol. The third-order valence-electron chi connectivity index (χ3n) is 3.51. The van der Waals surface area contributed by atoms with Gasteiger partial charge in [0.1, 0.15) is 17.2 Å². The molecule has 4 nitrogen and oxygen atoms in total. The van der Waals surface area contributed by atoms with Crippen molar-refractivity contribution in [1.82, 2.24) is 15.0 Å². The Hall–Kier alpha value is -2.60. The highest BCUT2D eigenvalue weighted by Gasteiger charge is 2.32. The minimum Gasteiger partial charge on any atom is -0.378 e. The summed E-state index contributed by atoms with van der Waals surface area (Å²) in [5.74, 6) is -0.795. The second-order valence-electron chi connectivity index (χ2n) is 4.97. The fourth-order valence-electron chi connectivity index (χ4n) is 2.35. The zero-order valence-electron chi connectivity index (χ0n) is 11.5. The molecule has 3 aromatic rings. The van der Waals surface area contributed by atoms with Crippen LogP contribution in [0.25, 0.3) is 0 Å². The molecule has 6 heteroatoms. The van der Waals surface area contributed by atoms with Crippen LogP contribution < -0.4 is 0 Å². The molecule has 0 saturated heterocycles. The molecule has 0 aliphatic rings. The first-order valence-electron chi connectivity index (χ1n) is 6.66. The van der Waals surface area contributed by atoms with Gasteiger partial charge in [-0.25, -0.2) is 13.5 Å². The van der Waals surface area contributed by atoms with Crippen LogP contribution in [0.2, 0.25) is 0 Å². The van der Waals surface area contributed by atoms with Gasteiger partial charge in [0.15, 0.2) is 0 Å². The van der Waals surface area contributed by atoms with Crippen molar-refractivity contribution in [2.45, 2.75) is 12.1 Å². The Morgan fingerprint density at radius 2 is 1.41 bits per heavy atom. The Morgan fingerprint density at radius 1 is 0.909 bits per heavy atom. The molecule has 2 aromatic carbocycles. The molecule has 0 aliphatic heterocycles. The summed E-state index contributed by atoms with van der Waals surface area (Å²) in [5, 5.41) is 18.7. The van der Waals surface area contributed by atoms with Gasteiger partial charge in [-0.15, -0.1) is 5.10 Å². The Bertz CT molecular complexity index is 695. The van der Waals surface area contributed by atoms with Crippen LogP contribution in [0.15, 0.2) is 60.9 Å². The molecule has 0 spiro atoms. The number of hydrogen-bond donors (Lipinski definition) is 1. The van der Waals surface area contributed by atoms with E-state index in [1.807, 2.05) is 0 Å². The maximum Gasteiger partial charge on any atom is 0.134 e. The highest BCUT2D eigenvalue weighted by molar-refractivity contribution is 5.36. The van der Waals surface area contributed by atoms with E-state index in [0.29, 0.717) is 11.1 Å². The third-order valence-corrected chi connectivity index (χ3v) is 3.51. The van der Waals surface area contributed by atoms with Gasteiger partial charge in [-0.2, -0.15) is 0 Å². The molecule has 1 heterocycles. The number of benzene rings is 2. The largest absolute Gasteiger partial charge is 0.378 e. The highest BCUT2D eigenvalue weighted by atomic mass is 19.1. The maximum atomic E-state index is 13.1. The number of rotatable bonds is 4. The quantitative estimate of drug-likeness (QED) is 0.805. The number of aromatic nitrogens is 3. The summed E-state index contributed by atoms with van der Waals surface area (Å²) in [5.41, 5.74) is -0.512. The van der Waals surface area contributed by atoms with E-state index >= 15 is 0 Å². The maximum absolute atomic E-state index is 13.1. The SMILES string of the molecule is OC(Cn1ccnn1)(c1ccc(F)cc1)c1ccc(F)cc1. The number of halogens is 2. The van der Waals surface area contributed by atoms with Gasteiger partial charge >= 0.3 is 0 Å². The lowest BCUT2D eigenvalue weighted by Crippen LogP contribution is -2.33. The second-order valence-corrected chi connectivity index (χ2v) is 4.97. The van der Waals surface area contributed by atoms with Crippen molar-refractivity contribution in [1.29, 1.82) is 0 Å². The second kappa shape index (κ2) is 5.65. The Morgan fingerprint density at radius 3 is 1.82 bits per heavy atom. The molecular formula is C16H13F2N3O. The summed E-state index contributed by atoms with van der Waals surface area (Å²) in [6.45, 7) is 0.0737. The van der Waals surface area contributed by atoms with E-state index in [4.69, 9.17) is 0 Å². The summed E-state index contributed by atoms with van der Waals surface area (Å²) in [6, 6.07) is 11.1. The first-order chi connectivity index (χ1) is 10.6. The normalized spacial score (nSPS) is 11.6. The fourth-order valence-corrected chi connectivity index (χ4v) is 2.35. The summed E-state index contributed by atoms with van der Waals surface area (Å²) in [7, 11) is 0. The smallest absolute Gasteiger partial charge is 0.134 e. The molecule has 22 heavy (non-hydrogen) atoms. The molecule has 0 radical (unpaired) electrons. The van der Waals surface area contributed by atoms with E-state index in [0.717, 1.165) is 0 Å². The molecule has 1 N–H and O–H groups in total. The lowest BCUT2D eigenvalue weighted by Gasteiger charge is -2.29. The van der Waals surface area contributed by atoms with Crippen molar-refractivity contribution in [3.8, 4) is 0 Å². The molecule has 3 rings (SSSR count). The average molecular weight is 301 g/mol. The van der Waals surface area contributed by atoms with E-state index in [1.165, 1.54) is 59.4 Å². The van der Waals surface area contributed by atoms with Gasteiger partial charge in [-0.1, -0.05) is 29.5 Å². The highest BCUT2D eigenvalue weighted by Crippen LogP contribution is 2.31. The molecule has 0 fully saturated rings. The summed E-state index contributed by atoms with van der Waals surface area (Å²) >= 11 is 0. The predicted octanol–water partition coefficient (Wildman–Crippen LogP) is 2.49. The summed E-state index contributed by atoms with van der Waals surface area (Å²) < 4.78 is 27.8. The van der Waals surface area contributed by atoms with Gasteiger partial charge in [-0.3, -0.25) is 0 Å². The van der Waals surface area contributed by atoms with Crippen molar-refractivity contribution in [2.75, 3.05) is 0 Å². The van der Waals surface area contributed by atoms with Crippen molar-refractivity contribution in [3.63, 3.8) is 0 Å². The molecule has 0 saturated carbocycles. The molecule has 112 valence electrons. The molecule has 0 atom stereocenters. The van der Waals surface area contributed by atoms with Crippen molar-refractivity contribution >= 4 is 0 Å². The van der Waals surface area contributed by atoms with E-state index in [9.17, 15) is 13.9 Å². The molecule has 0 amide bonds. The van der Waals surface area contributed by atoms with Gasteiger partial charge in [0.25, 0.3) is 0 Å². The molecule has 0 aliphatic carbocycles. The minimum atomic E-state index is -1.48. The van der Waals surface area contributed by atoms with E-state index < -0.39 is 17.2 Å². The zero-order chi connectivity index (χ0) is 15.6. The summed E-state index contributed by atoms with van der Waals surface area (Å²) in [6.07, 6.45) is 3.10. The van der Waals surface area contributed by atoms with Gasteiger partial charge in [0.2, 0.25) is 0 Å². The average Bonchev–Trinajstić information content (AvgIpc) is 3.01. The molecule has 0 bridgehead atoms. The zero-order valence-corrected chi connectivity index (χ0v) is 11.5. The topological polar surface area (TPSA) is 50.9 Å². The van der Waals surface area contributed by atoms with Crippen LogP contribution in [0.1, 0.15) is 11.1 Å². The van der Waals surface area contributed by atoms with Crippen LogP contribution in [-0.2, 0) is 12.1 Å². The standard InChI is InChI=1S/C16H13F2N3O/c17-14-5-1-12(2-6-14)16(22,11-21-10-9-19-20-21)13-3-7-15(18)8-4-13/h1-10,22H,11H2. The molecular weight excluding hydrogens is 288 g/mol. The van der Waals surface area contributed by atoms with Crippen LogP contribution in [0.4, 0.5) is 8.78 Å². The fraction of sp³-hybridized carbons (Fsp3) is 0.125. The van der Waals surface area contributed by atoms with E-state index in [2.05, 4.69) is 10.3 Å². The number of nitrogens with zero attached hydrogens (tertiary/aromatic N) is 3. The lowest BCUT2D eigenvalue weighted by molar-refractivity contribution is 0.0566. The number of hydrogen-bond acceptors (Lipinski definition) is 3. The number of aliphatic hydroxyl groups is 1. The van der Waals surface area contributed by atoms with Crippen LogP contribution in [-0.4, -0.2) is 20.1 Å². The Balaban J connectivity index is 2.08. The van der Waals surface area contributed by atoms with Crippen molar-refractivity contribution in [3.05, 3.63) is 83.7 Å². The van der Waals surface area contributed by atoms with Crippen LogP contribution in [0, 0.1) is 11.6 Å². The minimum absolute atomic E-state index is 0.0737. The first kappa shape index (κ1) is 14.3. The predicted molar refractivity (Wildman–Crippen MR) is 75.8 cm³/mol. The first-order valence-corrected chi connectivity index (χ1v) is 6.66. The molecule has 1 aromatic heterocycles. The van der Waals surface area contributed by atoms with Gasteiger partial charge < -0.3 is 5.11 Å². The Kier molecular flexibility index (Phi) is 3.68. The Labute approximate surface area is 125 Å². The summed E-state index contributed by atoms with van der Waals surface area (Å²) in [4.78, 5) is 0. The lowest BCUT2D eigenvalue weighted by atomic mass is 9.86. The third kappa shape index (κ3) is 2.73.